The number of hydrogen-bond acceptors (Lipinski definition) is 4. The molecule has 0 aromatic heterocycles. The summed E-state index contributed by atoms with van der Waals surface area (Å²) in [6.45, 7) is 0.721. The van der Waals surface area contributed by atoms with Gasteiger partial charge in [-0.2, -0.15) is 11.8 Å². The molecule has 0 unspecified atom stereocenters. The number of nitro benzene ring substituents is 1. The Hall–Kier alpha value is -0.940. The molecule has 1 aliphatic rings. The molecule has 1 fully saturated rings. The predicted molar refractivity (Wildman–Crippen MR) is 81.3 cm³/mol. The van der Waals surface area contributed by atoms with Crippen LogP contribution in [-0.4, -0.2) is 22.5 Å². The highest BCUT2D eigenvalue weighted by molar-refractivity contribution is 8.00. The molecule has 0 amide bonds. The smallest absolute Gasteiger partial charge is 0.293 e. The van der Waals surface area contributed by atoms with Crippen molar-refractivity contribution in [2.24, 2.45) is 0 Å². The van der Waals surface area contributed by atoms with Gasteiger partial charge in [-0.05, 0) is 25.2 Å². The van der Waals surface area contributed by atoms with Crippen molar-refractivity contribution in [3.63, 3.8) is 0 Å². The van der Waals surface area contributed by atoms with E-state index in [1.54, 1.807) is 12.1 Å². The van der Waals surface area contributed by atoms with E-state index >= 15 is 0 Å². The molecule has 1 aliphatic carbocycles. The first kappa shape index (κ1) is 14.5. The molecule has 0 heterocycles. The minimum atomic E-state index is -0.394. The van der Waals surface area contributed by atoms with Gasteiger partial charge in [0.1, 0.15) is 5.69 Å². The molecule has 0 spiro atoms. The lowest BCUT2D eigenvalue weighted by molar-refractivity contribution is -0.383. The number of nitrogens with one attached hydrogen (secondary N) is 1. The van der Waals surface area contributed by atoms with E-state index in [-0.39, 0.29) is 10.4 Å². The summed E-state index contributed by atoms with van der Waals surface area (Å²) in [5.74, 6) is 0. The van der Waals surface area contributed by atoms with Gasteiger partial charge in [-0.25, -0.2) is 0 Å². The van der Waals surface area contributed by atoms with Crippen LogP contribution in [0.15, 0.2) is 18.2 Å². The molecule has 0 saturated heterocycles. The zero-order valence-electron chi connectivity index (χ0n) is 10.8. The predicted octanol–water partition coefficient (Wildman–Crippen LogP) is 4.34. The summed E-state index contributed by atoms with van der Waals surface area (Å²) in [4.78, 5) is 10.6. The highest BCUT2D eigenvalue weighted by atomic mass is 35.5. The van der Waals surface area contributed by atoms with Crippen LogP contribution in [0.1, 0.15) is 25.7 Å². The number of anilines is 1. The van der Waals surface area contributed by atoms with Crippen LogP contribution in [0.25, 0.3) is 0 Å². The molecule has 1 saturated carbocycles. The van der Waals surface area contributed by atoms with Gasteiger partial charge in [-0.15, -0.1) is 0 Å². The number of hydrogen-bond donors (Lipinski definition) is 1. The fraction of sp³-hybridized carbons (Fsp3) is 0.538. The van der Waals surface area contributed by atoms with Gasteiger partial charge in [0.15, 0.2) is 0 Å². The fourth-order valence-electron chi connectivity index (χ4n) is 2.56. The maximum atomic E-state index is 11.0. The van der Waals surface area contributed by atoms with E-state index < -0.39 is 4.92 Å². The lowest BCUT2D eigenvalue weighted by Crippen LogP contribution is -2.30. The molecule has 0 aliphatic heterocycles. The van der Waals surface area contributed by atoms with Gasteiger partial charge < -0.3 is 5.32 Å². The van der Waals surface area contributed by atoms with Crippen LogP contribution in [0.3, 0.4) is 0 Å². The molecule has 19 heavy (non-hydrogen) atoms. The van der Waals surface area contributed by atoms with Crippen molar-refractivity contribution in [3.8, 4) is 0 Å². The van der Waals surface area contributed by atoms with Crippen LogP contribution in [0.4, 0.5) is 11.4 Å². The standard InChI is InChI=1S/C13H17ClN2O2S/c1-19-13(7-2-3-8-13)9-15-12-10(14)5-4-6-11(12)16(17)18/h4-6,15H,2-3,7-9H2,1H3. The topological polar surface area (TPSA) is 55.2 Å². The molecule has 1 aromatic carbocycles. The van der Waals surface area contributed by atoms with Crippen LogP contribution in [-0.2, 0) is 0 Å². The zero-order chi connectivity index (χ0) is 13.9. The number of benzene rings is 1. The molecule has 0 atom stereocenters. The summed E-state index contributed by atoms with van der Waals surface area (Å²) in [5, 5.41) is 14.6. The molecule has 4 nitrogen and oxygen atoms in total. The van der Waals surface area contributed by atoms with Crippen molar-refractivity contribution >= 4 is 34.7 Å². The normalized spacial score (nSPS) is 17.4. The molecule has 2 rings (SSSR count). The van der Waals surface area contributed by atoms with E-state index in [4.69, 9.17) is 11.6 Å². The van der Waals surface area contributed by atoms with Gasteiger partial charge in [0.05, 0.1) is 9.95 Å². The molecule has 1 aromatic rings. The minimum Gasteiger partial charge on any atom is -0.377 e. The van der Waals surface area contributed by atoms with E-state index in [2.05, 4.69) is 11.6 Å². The third-order valence-electron chi connectivity index (χ3n) is 3.72. The first-order valence-electron chi connectivity index (χ1n) is 6.30. The maximum absolute atomic E-state index is 11.0. The Labute approximate surface area is 122 Å². The van der Waals surface area contributed by atoms with Crippen molar-refractivity contribution in [3.05, 3.63) is 33.3 Å². The van der Waals surface area contributed by atoms with E-state index in [1.165, 1.54) is 18.9 Å². The molecule has 104 valence electrons. The monoisotopic (exact) mass is 300 g/mol. The lowest BCUT2D eigenvalue weighted by atomic mass is 10.1. The Balaban J connectivity index is 2.17. The van der Waals surface area contributed by atoms with Crippen LogP contribution >= 0.6 is 23.4 Å². The van der Waals surface area contributed by atoms with E-state index in [0.29, 0.717) is 10.7 Å². The van der Waals surface area contributed by atoms with Crippen molar-refractivity contribution in [1.82, 2.24) is 0 Å². The van der Waals surface area contributed by atoms with Crippen LogP contribution in [0.5, 0.6) is 0 Å². The Morgan fingerprint density at radius 2 is 2.16 bits per heavy atom. The van der Waals surface area contributed by atoms with Gasteiger partial charge in [0, 0.05) is 17.4 Å². The second-order valence-electron chi connectivity index (χ2n) is 4.84. The average Bonchev–Trinajstić information content (AvgIpc) is 2.86. The highest BCUT2D eigenvalue weighted by Crippen LogP contribution is 2.41. The van der Waals surface area contributed by atoms with Gasteiger partial charge >= 0.3 is 0 Å². The molecular formula is C13H17ClN2O2S. The molecule has 6 heteroatoms. The second-order valence-corrected chi connectivity index (χ2v) is 6.52. The SMILES string of the molecule is CSC1(CNc2c(Cl)cccc2[N+](=O)[O-])CCCC1. The van der Waals surface area contributed by atoms with Gasteiger partial charge in [-0.1, -0.05) is 30.5 Å². The Morgan fingerprint density at radius 3 is 2.74 bits per heavy atom. The van der Waals surface area contributed by atoms with Gasteiger partial charge in [0.25, 0.3) is 5.69 Å². The highest BCUT2D eigenvalue weighted by Gasteiger charge is 2.33. The van der Waals surface area contributed by atoms with Gasteiger partial charge in [0.2, 0.25) is 0 Å². The summed E-state index contributed by atoms with van der Waals surface area (Å²) < 4.78 is 0.188. The average molecular weight is 301 g/mol. The van der Waals surface area contributed by atoms with E-state index in [1.807, 2.05) is 11.8 Å². The summed E-state index contributed by atoms with van der Waals surface area (Å²) in [6, 6.07) is 4.76. The van der Waals surface area contributed by atoms with Crippen LogP contribution in [0, 0.1) is 10.1 Å². The largest absolute Gasteiger partial charge is 0.377 e. The van der Waals surface area contributed by atoms with E-state index in [0.717, 1.165) is 19.4 Å². The quantitative estimate of drug-likeness (QED) is 0.649. The maximum Gasteiger partial charge on any atom is 0.293 e. The summed E-state index contributed by atoms with van der Waals surface area (Å²) in [5.41, 5.74) is 0.483. The second kappa shape index (κ2) is 6.01. The molecule has 0 radical (unpaired) electrons. The van der Waals surface area contributed by atoms with Crippen molar-refractivity contribution in [1.29, 1.82) is 0 Å². The van der Waals surface area contributed by atoms with Gasteiger partial charge in [-0.3, -0.25) is 10.1 Å². The minimum absolute atomic E-state index is 0.0433. The number of nitro groups is 1. The molecular weight excluding hydrogens is 284 g/mol. The van der Waals surface area contributed by atoms with Crippen LogP contribution < -0.4 is 5.32 Å². The number of thioether (sulfide) groups is 1. The fourth-order valence-corrected chi connectivity index (χ4v) is 3.71. The Bertz CT molecular complexity index is 476. The van der Waals surface area contributed by atoms with Crippen molar-refractivity contribution < 1.29 is 4.92 Å². The summed E-state index contributed by atoms with van der Waals surface area (Å²) in [7, 11) is 0. The first-order valence-corrected chi connectivity index (χ1v) is 7.90. The first-order chi connectivity index (χ1) is 9.08. The molecule has 0 bridgehead atoms. The van der Waals surface area contributed by atoms with Crippen molar-refractivity contribution in [2.75, 3.05) is 18.1 Å². The number of halogens is 1. The summed E-state index contributed by atoms with van der Waals surface area (Å²) >= 11 is 7.92. The van der Waals surface area contributed by atoms with E-state index in [9.17, 15) is 10.1 Å². The van der Waals surface area contributed by atoms with Crippen molar-refractivity contribution in [2.45, 2.75) is 30.4 Å². The number of nitrogens with zero attached hydrogens (tertiary/aromatic N) is 1. The third kappa shape index (κ3) is 3.15. The lowest BCUT2D eigenvalue weighted by Gasteiger charge is -2.27. The number of rotatable bonds is 5. The van der Waals surface area contributed by atoms with Crippen LogP contribution in [0.2, 0.25) is 5.02 Å². The third-order valence-corrected chi connectivity index (χ3v) is 5.46. The number of para-hydroxylation sites is 1. The zero-order valence-corrected chi connectivity index (χ0v) is 12.4. The molecule has 1 N–H and O–H groups in total. The summed E-state index contributed by atoms with van der Waals surface area (Å²) in [6.07, 6.45) is 6.87. The Morgan fingerprint density at radius 1 is 1.47 bits per heavy atom. The Kier molecular flexibility index (Phi) is 4.58.